The molecular weight excluding hydrogens is 529 g/mol. The molecule has 0 heterocycles. The van der Waals surface area contributed by atoms with Crippen molar-refractivity contribution in [1.82, 2.24) is 15.5 Å². The topological polar surface area (TPSA) is 78.0 Å². The molecule has 0 radical (unpaired) electrons. The maximum atomic E-state index is 11.9. The van der Waals surface area contributed by atoms with Gasteiger partial charge in [0.1, 0.15) is 5.60 Å². The van der Waals surface area contributed by atoms with Gasteiger partial charge in [-0.3, -0.25) is 10.3 Å². The summed E-state index contributed by atoms with van der Waals surface area (Å²) in [5.41, 5.74) is 3.88. The van der Waals surface area contributed by atoms with Gasteiger partial charge in [-0.1, -0.05) is 36.4 Å². The van der Waals surface area contributed by atoms with Gasteiger partial charge in [0, 0.05) is 32.4 Å². The molecule has 182 valence electrons. The number of nitrogens with zero attached hydrogens (tertiary/aromatic N) is 2. The normalized spacial score (nSPS) is 11.5. The van der Waals surface area contributed by atoms with Crippen molar-refractivity contribution < 1.29 is 9.53 Å². The van der Waals surface area contributed by atoms with Gasteiger partial charge in [0.25, 0.3) is 0 Å². The van der Waals surface area contributed by atoms with Crippen LogP contribution in [0.4, 0.5) is 10.5 Å². The van der Waals surface area contributed by atoms with Crippen molar-refractivity contribution in [1.29, 1.82) is 0 Å². The van der Waals surface area contributed by atoms with Crippen LogP contribution in [0.3, 0.4) is 0 Å². The molecule has 0 aliphatic carbocycles. The van der Waals surface area contributed by atoms with Crippen LogP contribution in [-0.4, -0.2) is 50.2 Å². The highest BCUT2D eigenvalue weighted by atomic mass is 127. The number of rotatable bonds is 8. The lowest BCUT2D eigenvalue weighted by Gasteiger charge is -2.19. The number of nitrogens with one attached hydrogen (secondary N) is 3. The molecular formula is C25H38IN5O2. The number of carbonyl (C=O) groups excluding carboxylic acids is 1. The molecule has 3 N–H and O–H groups in total. The summed E-state index contributed by atoms with van der Waals surface area (Å²) < 4.78 is 5.27. The summed E-state index contributed by atoms with van der Waals surface area (Å²) in [7, 11) is 5.92. The van der Waals surface area contributed by atoms with E-state index in [4.69, 9.17) is 4.74 Å². The summed E-state index contributed by atoms with van der Waals surface area (Å²) in [4.78, 5) is 18.3. The maximum absolute atomic E-state index is 11.9. The Bertz CT molecular complexity index is 892. The van der Waals surface area contributed by atoms with Gasteiger partial charge >= 0.3 is 6.09 Å². The second-order valence-electron chi connectivity index (χ2n) is 8.98. The number of carbonyl (C=O) groups is 1. The van der Waals surface area contributed by atoms with E-state index in [0.29, 0.717) is 12.2 Å². The van der Waals surface area contributed by atoms with Crippen LogP contribution in [0.1, 0.15) is 37.5 Å². The Morgan fingerprint density at radius 3 is 2.27 bits per heavy atom. The Balaban J connectivity index is 0.00000544. The standard InChI is InChI=1S/C25H37N5O2.HI/c1-25(2,3)32-24(31)29-22-12-10-19(11-13-22)14-15-27-23(26-4)28-17-20-8-7-9-21(16-20)18-30(5)6;/h7-13,16H,14-15,17-18H2,1-6H3,(H,29,31)(H2,26,27,28);1H. The molecule has 0 atom stereocenters. The van der Waals surface area contributed by atoms with Crippen LogP contribution in [0.25, 0.3) is 0 Å². The fourth-order valence-corrected chi connectivity index (χ4v) is 3.11. The average molecular weight is 568 g/mol. The van der Waals surface area contributed by atoms with Crippen molar-refractivity contribution in [3.05, 3.63) is 65.2 Å². The van der Waals surface area contributed by atoms with E-state index in [1.165, 1.54) is 16.7 Å². The third kappa shape index (κ3) is 11.9. The van der Waals surface area contributed by atoms with Crippen LogP contribution in [0.5, 0.6) is 0 Å². The van der Waals surface area contributed by atoms with E-state index in [-0.39, 0.29) is 24.0 Å². The molecule has 0 unspecified atom stereocenters. The lowest BCUT2D eigenvalue weighted by atomic mass is 10.1. The predicted molar refractivity (Wildman–Crippen MR) is 147 cm³/mol. The fraction of sp³-hybridized carbons (Fsp3) is 0.440. The Morgan fingerprint density at radius 2 is 1.67 bits per heavy atom. The molecule has 2 aromatic carbocycles. The summed E-state index contributed by atoms with van der Waals surface area (Å²) in [5, 5.41) is 9.46. The molecule has 0 saturated carbocycles. The number of ether oxygens (including phenoxy) is 1. The molecule has 0 bridgehead atoms. The highest BCUT2D eigenvalue weighted by Crippen LogP contribution is 2.13. The third-order valence-corrected chi connectivity index (χ3v) is 4.48. The SMILES string of the molecule is CN=C(NCCc1ccc(NC(=O)OC(C)(C)C)cc1)NCc1cccc(CN(C)C)c1.I. The molecule has 1 amide bonds. The molecule has 2 aromatic rings. The van der Waals surface area contributed by atoms with E-state index in [2.05, 4.69) is 64.2 Å². The highest BCUT2D eigenvalue weighted by molar-refractivity contribution is 14.0. The Labute approximate surface area is 215 Å². The van der Waals surface area contributed by atoms with Crippen molar-refractivity contribution >= 4 is 41.7 Å². The monoisotopic (exact) mass is 567 g/mol. The van der Waals surface area contributed by atoms with Gasteiger partial charge in [0.15, 0.2) is 5.96 Å². The largest absolute Gasteiger partial charge is 0.444 e. The van der Waals surface area contributed by atoms with Gasteiger partial charge in [-0.2, -0.15) is 0 Å². The lowest BCUT2D eigenvalue weighted by Crippen LogP contribution is -2.37. The smallest absolute Gasteiger partial charge is 0.412 e. The molecule has 0 fully saturated rings. The van der Waals surface area contributed by atoms with Crippen molar-refractivity contribution in [2.75, 3.05) is 33.0 Å². The number of amides is 1. The second-order valence-corrected chi connectivity index (χ2v) is 8.98. The van der Waals surface area contributed by atoms with Crippen LogP contribution >= 0.6 is 24.0 Å². The summed E-state index contributed by atoms with van der Waals surface area (Å²) in [6, 6.07) is 16.3. The Hall–Kier alpha value is -2.33. The minimum absolute atomic E-state index is 0. The molecule has 0 aliphatic rings. The van der Waals surface area contributed by atoms with E-state index in [9.17, 15) is 4.79 Å². The molecule has 0 aliphatic heterocycles. The summed E-state index contributed by atoms with van der Waals surface area (Å²) in [6.45, 7) is 7.91. The van der Waals surface area contributed by atoms with E-state index in [1.54, 1.807) is 7.05 Å². The van der Waals surface area contributed by atoms with Crippen molar-refractivity contribution in [2.45, 2.75) is 45.9 Å². The van der Waals surface area contributed by atoms with Gasteiger partial charge in [0.05, 0.1) is 0 Å². The molecule has 33 heavy (non-hydrogen) atoms. The maximum Gasteiger partial charge on any atom is 0.412 e. The number of aliphatic imine (C=N–C) groups is 1. The van der Waals surface area contributed by atoms with Crippen LogP contribution in [-0.2, 0) is 24.2 Å². The highest BCUT2D eigenvalue weighted by Gasteiger charge is 2.16. The zero-order chi connectivity index (χ0) is 23.6. The molecule has 0 aromatic heterocycles. The molecule has 7 nitrogen and oxygen atoms in total. The number of hydrogen-bond donors (Lipinski definition) is 3. The van der Waals surface area contributed by atoms with Crippen LogP contribution in [0.15, 0.2) is 53.5 Å². The Morgan fingerprint density at radius 1 is 1.00 bits per heavy atom. The second kappa shape index (κ2) is 14.0. The zero-order valence-electron chi connectivity index (χ0n) is 20.6. The van der Waals surface area contributed by atoms with Gasteiger partial charge in [-0.05, 0) is 70.1 Å². The van der Waals surface area contributed by atoms with Crippen molar-refractivity contribution in [3.63, 3.8) is 0 Å². The van der Waals surface area contributed by atoms with Gasteiger partial charge in [0.2, 0.25) is 0 Å². The summed E-state index contributed by atoms with van der Waals surface area (Å²) >= 11 is 0. The van der Waals surface area contributed by atoms with Crippen LogP contribution in [0.2, 0.25) is 0 Å². The summed E-state index contributed by atoms with van der Waals surface area (Å²) in [6.07, 6.45) is 0.389. The predicted octanol–water partition coefficient (Wildman–Crippen LogP) is 4.62. The first-order chi connectivity index (χ1) is 15.1. The average Bonchev–Trinajstić information content (AvgIpc) is 2.70. The van der Waals surface area contributed by atoms with Gasteiger partial charge < -0.3 is 20.3 Å². The fourth-order valence-electron chi connectivity index (χ4n) is 3.11. The van der Waals surface area contributed by atoms with Gasteiger partial charge in [-0.15, -0.1) is 24.0 Å². The molecule has 0 saturated heterocycles. The number of anilines is 1. The van der Waals surface area contributed by atoms with Crippen molar-refractivity contribution in [3.8, 4) is 0 Å². The minimum Gasteiger partial charge on any atom is -0.444 e. The van der Waals surface area contributed by atoms with E-state index in [1.807, 2.05) is 45.0 Å². The first-order valence-corrected chi connectivity index (χ1v) is 10.9. The Kier molecular flexibility index (Phi) is 12.2. The van der Waals surface area contributed by atoms with Gasteiger partial charge in [-0.25, -0.2) is 4.79 Å². The summed E-state index contributed by atoms with van der Waals surface area (Å²) in [5.74, 6) is 0.770. The van der Waals surface area contributed by atoms with Crippen LogP contribution < -0.4 is 16.0 Å². The molecule has 8 heteroatoms. The number of benzene rings is 2. The number of hydrogen-bond acceptors (Lipinski definition) is 4. The zero-order valence-corrected chi connectivity index (χ0v) is 22.9. The minimum atomic E-state index is -0.517. The number of guanidine groups is 1. The quantitative estimate of drug-likeness (QED) is 0.247. The van der Waals surface area contributed by atoms with E-state index >= 15 is 0 Å². The van der Waals surface area contributed by atoms with E-state index < -0.39 is 11.7 Å². The van der Waals surface area contributed by atoms with Crippen LogP contribution in [0, 0.1) is 0 Å². The molecule has 2 rings (SSSR count). The first-order valence-electron chi connectivity index (χ1n) is 10.9. The number of halogens is 1. The third-order valence-electron chi connectivity index (χ3n) is 4.48. The van der Waals surface area contributed by atoms with Crippen molar-refractivity contribution in [2.24, 2.45) is 4.99 Å². The molecule has 0 spiro atoms. The first kappa shape index (κ1) is 28.7. The van der Waals surface area contributed by atoms with E-state index in [0.717, 1.165) is 25.5 Å². The lowest BCUT2D eigenvalue weighted by molar-refractivity contribution is 0.0636.